The van der Waals surface area contributed by atoms with Gasteiger partial charge in [0, 0.05) is 27.3 Å². The fourth-order valence-electron chi connectivity index (χ4n) is 1.44. The van der Waals surface area contributed by atoms with E-state index in [4.69, 9.17) is 31.8 Å². The molecule has 0 heterocycles. The number of hydrogen-bond acceptors (Lipinski definition) is 4. The molecule has 0 aliphatic carbocycles. The van der Waals surface area contributed by atoms with Gasteiger partial charge >= 0.3 is 0 Å². The molecule has 0 aliphatic rings. The van der Waals surface area contributed by atoms with Gasteiger partial charge in [0.2, 0.25) is 9.05 Å². The summed E-state index contributed by atoms with van der Waals surface area (Å²) in [5.74, 6) is 0.362. The fourth-order valence-corrected chi connectivity index (χ4v) is 2.61. The first-order chi connectivity index (χ1) is 8.23. The summed E-state index contributed by atoms with van der Waals surface area (Å²) in [4.78, 5) is 0. The zero-order valence-electron chi connectivity index (χ0n) is 10.2. The lowest BCUT2D eigenvalue weighted by molar-refractivity contribution is 0.228. The molecule has 4 nitrogen and oxygen atoms in total. The molecule has 0 radical (unpaired) electrons. The maximum atomic E-state index is 11.2. The van der Waals surface area contributed by atoms with E-state index in [1.54, 1.807) is 6.07 Å². The van der Waals surface area contributed by atoms with Crippen LogP contribution in [-0.2, 0) is 14.8 Å². The van der Waals surface area contributed by atoms with Crippen molar-refractivity contribution in [3.05, 3.63) is 22.7 Å². The molecule has 0 fully saturated rings. The summed E-state index contributed by atoms with van der Waals surface area (Å²) < 4.78 is 33.0. The van der Waals surface area contributed by atoms with E-state index in [1.807, 2.05) is 13.8 Å². The fraction of sp³-hybridized carbons (Fsp3) is 0.455. The number of halogens is 2. The van der Waals surface area contributed by atoms with Crippen molar-refractivity contribution in [2.24, 2.45) is 0 Å². The van der Waals surface area contributed by atoms with Crippen LogP contribution < -0.4 is 9.47 Å². The lowest BCUT2D eigenvalue weighted by Gasteiger charge is -2.17. The largest absolute Gasteiger partial charge is 0.493 e. The minimum absolute atomic E-state index is 0.128. The van der Waals surface area contributed by atoms with E-state index in [1.165, 1.54) is 13.2 Å². The predicted molar refractivity (Wildman–Crippen MR) is 72.2 cm³/mol. The molecule has 18 heavy (non-hydrogen) atoms. The smallest absolute Gasteiger partial charge is 0.236 e. The molecule has 0 saturated heterocycles. The van der Waals surface area contributed by atoms with E-state index in [2.05, 4.69) is 0 Å². The van der Waals surface area contributed by atoms with Crippen LogP contribution in [0.4, 0.5) is 0 Å². The highest BCUT2D eigenvalue weighted by Crippen LogP contribution is 2.36. The van der Waals surface area contributed by atoms with Crippen LogP contribution >= 0.6 is 22.3 Å². The topological polar surface area (TPSA) is 52.6 Å². The van der Waals surface area contributed by atoms with Crippen LogP contribution in [0.1, 0.15) is 19.4 Å². The molecule has 0 aromatic heterocycles. The maximum Gasteiger partial charge on any atom is 0.236 e. The average Bonchev–Trinajstić information content (AvgIpc) is 2.18. The monoisotopic (exact) mass is 312 g/mol. The van der Waals surface area contributed by atoms with Gasteiger partial charge in [-0.1, -0.05) is 11.6 Å². The third-order valence-electron chi connectivity index (χ3n) is 2.00. The Balaban J connectivity index is 3.32. The van der Waals surface area contributed by atoms with Gasteiger partial charge in [0.05, 0.1) is 19.0 Å². The van der Waals surface area contributed by atoms with Crippen molar-refractivity contribution >= 4 is 31.3 Å². The van der Waals surface area contributed by atoms with Crippen LogP contribution in [0, 0.1) is 0 Å². The minimum Gasteiger partial charge on any atom is -0.493 e. The summed E-state index contributed by atoms with van der Waals surface area (Å²) in [5.41, 5.74) is 0.378. The Kier molecular flexibility index (Phi) is 5.13. The van der Waals surface area contributed by atoms with Gasteiger partial charge < -0.3 is 9.47 Å². The van der Waals surface area contributed by atoms with Gasteiger partial charge in [0.15, 0.2) is 11.5 Å². The van der Waals surface area contributed by atoms with Gasteiger partial charge in [-0.25, -0.2) is 8.42 Å². The Labute approximate surface area is 116 Å². The molecule has 1 aromatic carbocycles. The van der Waals surface area contributed by atoms with E-state index in [0.717, 1.165) is 0 Å². The molecular weight excluding hydrogens is 299 g/mol. The van der Waals surface area contributed by atoms with Gasteiger partial charge in [-0.3, -0.25) is 0 Å². The third kappa shape index (κ3) is 4.55. The van der Waals surface area contributed by atoms with Crippen molar-refractivity contribution < 1.29 is 17.9 Å². The van der Waals surface area contributed by atoms with E-state index in [9.17, 15) is 8.42 Å². The first-order valence-electron chi connectivity index (χ1n) is 5.18. The average molecular weight is 313 g/mol. The van der Waals surface area contributed by atoms with E-state index >= 15 is 0 Å². The highest BCUT2D eigenvalue weighted by Gasteiger charge is 2.18. The van der Waals surface area contributed by atoms with Gasteiger partial charge in [-0.05, 0) is 19.9 Å². The van der Waals surface area contributed by atoms with E-state index in [-0.39, 0.29) is 11.9 Å². The molecule has 7 heteroatoms. The standard InChI is InChI=1S/C11H14Cl2O4S/c1-7(2)17-11-8(6-18(13,14)15)4-9(12)5-10(11)16-3/h4-5,7H,6H2,1-3H3. The summed E-state index contributed by atoms with van der Waals surface area (Å²) in [6, 6.07) is 3.06. The molecule has 102 valence electrons. The van der Waals surface area contributed by atoms with Crippen LogP contribution in [0.2, 0.25) is 5.02 Å². The normalized spacial score (nSPS) is 11.7. The first kappa shape index (κ1) is 15.4. The lowest BCUT2D eigenvalue weighted by atomic mass is 10.2. The van der Waals surface area contributed by atoms with E-state index in [0.29, 0.717) is 22.1 Å². The zero-order chi connectivity index (χ0) is 13.9. The van der Waals surface area contributed by atoms with Gasteiger partial charge in [-0.15, -0.1) is 0 Å². The first-order valence-corrected chi connectivity index (χ1v) is 8.04. The molecule has 0 atom stereocenters. The van der Waals surface area contributed by atoms with Crippen molar-refractivity contribution in [1.82, 2.24) is 0 Å². The summed E-state index contributed by atoms with van der Waals surface area (Å²) in [5, 5.41) is 0.360. The Hall–Kier alpha value is -0.650. The van der Waals surface area contributed by atoms with Crippen LogP contribution in [-0.4, -0.2) is 21.6 Å². The quantitative estimate of drug-likeness (QED) is 0.783. The number of benzene rings is 1. The molecule has 1 aromatic rings. The number of rotatable bonds is 5. The van der Waals surface area contributed by atoms with Crippen molar-refractivity contribution in [2.45, 2.75) is 25.7 Å². The van der Waals surface area contributed by atoms with Crippen molar-refractivity contribution in [3.63, 3.8) is 0 Å². The molecule has 0 saturated carbocycles. The van der Waals surface area contributed by atoms with Gasteiger partial charge in [-0.2, -0.15) is 0 Å². The Morgan fingerprint density at radius 1 is 1.33 bits per heavy atom. The molecular formula is C11H14Cl2O4S. The summed E-state index contributed by atoms with van der Waals surface area (Å²) in [6.45, 7) is 3.65. The van der Waals surface area contributed by atoms with Gasteiger partial charge in [0.25, 0.3) is 0 Å². The molecule has 0 amide bonds. The summed E-state index contributed by atoms with van der Waals surface area (Å²) in [6.07, 6.45) is -0.128. The molecule has 0 bridgehead atoms. The molecule has 0 spiro atoms. The number of methoxy groups -OCH3 is 1. The van der Waals surface area contributed by atoms with Crippen LogP contribution in [0.3, 0.4) is 0 Å². The second-order valence-corrected chi connectivity index (χ2v) is 7.16. The van der Waals surface area contributed by atoms with Crippen molar-refractivity contribution in [3.8, 4) is 11.5 Å². The highest BCUT2D eigenvalue weighted by atomic mass is 35.7. The van der Waals surface area contributed by atoms with Gasteiger partial charge in [0.1, 0.15) is 0 Å². The van der Waals surface area contributed by atoms with Crippen molar-refractivity contribution in [2.75, 3.05) is 7.11 Å². The lowest BCUT2D eigenvalue weighted by Crippen LogP contribution is -2.10. The summed E-state index contributed by atoms with van der Waals surface area (Å²) >= 11 is 5.89. The summed E-state index contributed by atoms with van der Waals surface area (Å²) in [7, 11) is 3.01. The zero-order valence-corrected chi connectivity index (χ0v) is 12.6. The molecule has 0 unspecified atom stereocenters. The number of hydrogen-bond donors (Lipinski definition) is 0. The SMILES string of the molecule is COc1cc(Cl)cc(CS(=O)(=O)Cl)c1OC(C)C. The minimum atomic E-state index is -3.70. The predicted octanol–water partition coefficient (Wildman–Crippen LogP) is 3.20. The third-order valence-corrected chi connectivity index (χ3v) is 3.20. The van der Waals surface area contributed by atoms with Crippen LogP contribution in [0.15, 0.2) is 12.1 Å². The molecule has 1 rings (SSSR count). The molecule has 0 N–H and O–H groups in total. The second kappa shape index (κ2) is 5.99. The maximum absolute atomic E-state index is 11.2. The van der Waals surface area contributed by atoms with Crippen molar-refractivity contribution in [1.29, 1.82) is 0 Å². The number of ether oxygens (including phenoxy) is 2. The Bertz CT molecular complexity index is 526. The Morgan fingerprint density at radius 3 is 2.39 bits per heavy atom. The highest BCUT2D eigenvalue weighted by molar-refractivity contribution is 8.13. The second-order valence-electron chi connectivity index (χ2n) is 3.95. The molecule has 0 aliphatic heterocycles. The van der Waals surface area contributed by atoms with Crippen LogP contribution in [0.5, 0.6) is 11.5 Å². The Morgan fingerprint density at radius 2 is 1.94 bits per heavy atom. The van der Waals surface area contributed by atoms with E-state index < -0.39 is 9.05 Å². The van der Waals surface area contributed by atoms with Crippen LogP contribution in [0.25, 0.3) is 0 Å².